The van der Waals surface area contributed by atoms with Crippen LogP contribution in [-0.2, 0) is 0 Å². The van der Waals surface area contributed by atoms with Gasteiger partial charge in [-0.25, -0.2) is 9.97 Å². The van der Waals surface area contributed by atoms with Crippen molar-refractivity contribution in [2.24, 2.45) is 0 Å². The third kappa shape index (κ3) is 15.5. The maximum atomic E-state index is 4.69. The second-order valence-electron chi connectivity index (χ2n) is 35.6. The molecule has 0 aliphatic heterocycles. The van der Waals surface area contributed by atoms with E-state index in [-0.39, 0.29) is 0 Å². The van der Waals surface area contributed by atoms with Crippen LogP contribution in [0.3, 0.4) is 0 Å². The third-order valence-corrected chi connectivity index (χ3v) is 29.2. The molecule has 0 radical (unpaired) electrons. The molecule has 0 saturated carbocycles. The summed E-state index contributed by atoms with van der Waals surface area (Å²) in [4.78, 5) is 40.5. The normalized spacial score (nSPS) is 11.6. The van der Waals surface area contributed by atoms with E-state index in [1.807, 2.05) is 59.9 Å². The molecule has 9 nitrogen and oxygen atoms in total. The number of rotatable bonds is 9. The Morgan fingerprint density at radius 2 is 0.407 bits per heavy atom. The van der Waals surface area contributed by atoms with Crippen molar-refractivity contribution in [1.29, 1.82) is 0 Å². The van der Waals surface area contributed by atoms with Gasteiger partial charge in [0.15, 0.2) is 0 Å². The van der Waals surface area contributed by atoms with Gasteiger partial charge in [0.05, 0.1) is 70.1 Å². The van der Waals surface area contributed by atoms with Crippen LogP contribution in [0.5, 0.6) is 0 Å². The van der Waals surface area contributed by atoms with Gasteiger partial charge in [0.1, 0.15) is 0 Å². The smallest absolute Gasteiger partial charge is 0.0892 e. The lowest BCUT2D eigenvalue weighted by molar-refractivity contribution is 1.29. The van der Waals surface area contributed by atoms with Gasteiger partial charge in [-0.05, 0) is 296 Å². The van der Waals surface area contributed by atoms with Crippen LogP contribution in [0.1, 0.15) is 0 Å². The Bertz CT molecular complexity index is 9760. The molecule has 140 heavy (non-hydrogen) atoms. The highest BCUT2D eigenvalue weighted by Gasteiger charge is 2.18. The minimum Gasteiger partial charge on any atom is -0.256 e. The molecular formula is C129H79N9S2. The number of hydrogen-bond acceptors (Lipinski definition) is 11. The van der Waals surface area contributed by atoms with Crippen LogP contribution in [0, 0.1) is 0 Å². The number of hydrogen-bond donors (Lipinski definition) is 0. The molecule has 0 spiro atoms. The second kappa shape index (κ2) is 35.3. The van der Waals surface area contributed by atoms with Gasteiger partial charge in [-0.15, -0.1) is 22.7 Å². The van der Waals surface area contributed by atoms with Gasteiger partial charge in [0.25, 0.3) is 0 Å². The van der Waals surface area contributed by atoms with Gasteiger partial charge < -0.3 is 0 Å². The minimum atomic E-state index is 0.908. The fourth-order valence-electron chi connectivity index (χ4n) is 20.4. The first-order valence-corrected chi connectivity index (χ1v) is 48.6. The van der Waals surface area contributed by atoms with E-state index in [1.54, 1.807) is 47.5 Å². The summed E-state index contributed by atoms with van der Waals surface area (Å²) < 4.78 is 2.49. The first kappa shape index (κ1) is 82.5. The van der Waals surface area contributed by atoms with E-state index >= 15 is 0 Å². The van der Waals surface area contributed by atoms with Gasteiger partial charge in [-0.1, -0.05) is 303 Å². The van der Waals surface area contributed by atoms with Crippen LogP contribution in [-0.4, -0.2) is 44.9 Å². The maximum absolute atomic E-state index is 4.69. The summed E-state index contributed by atoms with van der Waals surface area (Å²) in [5.74, 6) is 0. The third-order valence-electron chi connectivity index (χ3n) is 27.4. The monoisotopic (exact) mass is 1820 g/mol. The number of nitrogens with zero attached hydrogens (tertiary/aromatic N) is 9. The largest absolute Gasteiger partial charge is 0.256 e. The van der Waals surface area contributed by atoms with Crippen LogP contribution in [0.4, 0.5) is 0 Å². The molecule has 0 bridgehead atoms. The molecule has 7 aromatic heterocycles. The van der Waals surface area contributed by atoms with Crippen molar-refractivity contribution in [2.75, 3.05) is 0 Å². The highest BCUT2D eigenvalue weighted by molar-refractivity contribution is 7.17. The van der Waals surface area contributed by atoms with Gasteiger partial charge in [0, 0.05) is 81.8 Å². The maximum Gasteiger partial charge on any atom is 0.0892 e. The molecule has 652 valence electrons. The molecular weight excluding hydrogens is 1740 g/mol. The summed E-state index contributed by atoms with van der Waals surface area (Å²) in [6, 6.07) is 153. The standard InChI is InChI=1S/C44H28N2.C30H18N4.C28H16N2S2.C27H17N/c1-9-32(25-36(11-1)40-15-3-7-30-13-5-23-45-43(30)40)34-21-22-39-38(27-34)20-18-29-17-19-35(28-42(29)39)33-10-2-12-37(26-33)41-16-4-8-31-14-6-24-46-44(31)41;1-2-24-16-20(22-6-10-28-30(18-22)34-14-12-32-28)4-8-26(24)25-7-3-19(15-23(1)25)21-5-9-27-29(17-21)33-13-11-31-27;1-3-23(27-25(5-1)29-15-31-27)19-9-11-21-17(13-19)7-8-18-14-20(10-12-22(18)21)24-4-2-6-26-28(24)32-16-30-26;1-2-5-23-18(4-1)8-10-22-16-20(11-13-24(22)23)21-9-7-19-12-14-27-25(26(19)17-21)6-3-15-28-27/h1-28H;1-18H;1-16H;1-17H. The van der Waals surface area contributed by atoms with Crippen LogP contribution in [0.15, 0.2) is 479 Å². The zero-order chi connectivity index (χ0) is 92.5. The Hall–Kier alpha value is -18.1. The summed E-state index contributed by atoms with van der Waals surface area (Å²) in [5, 5.41) is 26.2. The number of benzene rings is 22. The number of aromatic nitrogens is 9. The lowest BCUT2D eigenvalue weighted by atomic mass is 9.93. The molecule has 0 amide bonds. The quantitative estimate of drug-likeness (QED) is 0.130. The first-order chi connectivity index (χ1) is 69.3. The zero-order valence-electron chi connectivity index (χ0n) is 75.5. The van der Waals surface area contributed by atoms with E-state index in [1.165, 1.54) is 190 Å². The van der Waals surface area contributed by atoms with Crippen molar-refractivity contribution in [3.63, 3.8) is 0 Å². The van der Waals surface area contributed by atoms with Crippen molar-refractivity contribution in [3.05, 3.63) is 479 Å². The van der Waals surface area contributed by atoms with E-state index in [9.17, 15) is 0 Å². The predicted octanol–water partition coefficient (Wildman–Crippen LogP) is 34.9. The van der Waals surface area contributed by atoms with Crippen LogP contribution in [0.25, 0.3) is 272 Å². The molecule has 0 aliphatic rings. The Morgan fingerprint density at radius 1 is 0.129 bits per heavy atom. The molecule has 0 fully saturated rings. The van der Waals surface area contributed by atoms with Gasteiger partial charge in [0.2, 0.25) is 0 Å². The van der Waals surface area contributed by atoms with Crippen LogP contribution in [0.2, 0.25) is 0 Å². The summed E-state index contributed by atoms with van der Waals surface area (Å²) in [6.45, 7) is 0. The van der Waals surface area contributed by atoms with Crippen LogP contribution >= 0.6 is 22.7 Å². The van der Waals surface area contributed by atoms with E-state index in [2.05, 4.69) is 434 Å². The van der Waals surface area contributed by atoms with Crippen molar-refractivity contribution in [1.82, 2.24) is 44.9 Å². The lowest BCUT2D eigenvalue weighted by Gasteiger charge is -2.12. The molecule has 29 rings (SSSR count). The Kier molecular flexibility index (Phi) is 20.8. The molecule has 0 unspecified atom stereocenters. The second-order valence-corrected chi connectivity index (χ2v) is 37.3. The number of fused-ring (bicyclic) bond motifs is 21. The molecule has 22 aromatic carbocycles. The Labute approximate surface area is 812 Å². The fourth-order valence-corrected chi connectivity index (χ4v) is 22.1. The van der Waals surface area contributed by atoms with E-state index in [0.717, 1.165) is 82.7 Å². The summed E-state index contributed by atoms with van der Waals surface area (Å²) in [6.07, 6.45) is 12.5. The van der Waals surface area contributed by atoms with Gasteiger partial charge >= 0.3 is 0 Å². The van der Waals surface area contributed by atoms with Crippen molar-refractivity contribution in [2.45, 2.75) is 0 Å². The molecule has 29 aromatic rings. The SMILES string of the molecule is c1cc(-c2ccc3c(ccc4cc(-c5cccc6ncsc56)ccc43)c2)c2scnc2c1.c1cc(-c2ccc3c(ccc4ccc(-c5cccc(-c6cccc7cccnc67)c5)cc43)c2)cc(-c2cccc3cccnc23)c1.c1ccc2c(c1)ccc1cc(-c3ccc4ccc5ncccc5c4c3)ccc12.c1cnc2cc(-c3ccc4c(ccc5cc(-c6ccc7nccnc7c6)ccc54)c3)ccc2n1. The molecule has 0 N–H and O–H groups in total. The Balaban J connectivity index is 0.0000000977. The van der Waals surface area contributed by atoms with E-state index in [4.69, 9.17) is 4.98 Å². The van der Waals surface area contributed by atoms with Crippen molar-refractivity contribution >= 4 is 195 Å². The Morgan fingerprint density at radius 3 is 0.886 bits per heavy atom. The summed E-state index contributed by atoms with van der Waals surface area (Å²) in [5.41, 5.74) is 34.2. The number of thiazole rings is 2. The fraction of sp³-hybridized carbons (Fsp3) is 0. The number of pyridine rings is 3. The van der Waals surface area contributed by atoms with Gasteiger partial charge in [-0.3, -0.25) is 34.9 Å². The molecule has 11 heteroatoms. The predicted molar refractivity (Wildman–Crippen MR) is 591 cm³/mol. The van der Waals surface area contributed by atoms with E-state index in [0.29, 0.717) is 0 Å². The average Bonchev–Trinajstić information content (AvgIpc) is 1.13. The minimum absolute atomic E-state index is 0.908. The summed E-state index contributed by atoms with van der Waals surface area (Å²) in [7, 11) is 0. The van der Waals surface area contributed by atoms with Crippen molar-refractivity contribution < 1.29 is 0 Å². The topological polar surface area (TPSA) is 116 Å². The van der Waals surface area contributed by atoms with E-state index < -0.39 is 0 Å². The van der Waals surface area contributed by atoms with Crippen molar-refractivity contribution in [3.8, 4) is 100 Å². The zero-order valence-corrected chi connectivity index (χ0v) is 77.1. The number of para-hydroxylation sites is 2. The highest BCUT2D eigenvalue weighted by Crippen LogP contribution is 2.44. The lowest BCUT2D eigenvalue weighted by Crippen LogP contribution is -1.87. The summed E-state index contributed by atoms with van der Waals surface area (Å²) >= 11 is 3.41. The average molecular weight is 1820 g/mol. The van der Waals surface area contributed by atoms with Gasteiger partial charge in [-0.2, -0.15) is 0 Å². The molecule has 0 saturated heterocycles. The van der Waals surface area contributed by atoms with Crippen LogP contribution < -0.4 is 0 Å². The first-order valence-electron chi connectivity index (χ1n) is 46.9. The molecule has 0 aliphatic carbocycles. The molecule has 7 heterocycles. The highest BCUT2D eigenvalue weighted by atomic mass is 32.1. The molecule has 0 atom stereocenters.